The first kappa shape index (κ1) is 14.5. The molecule has 0 aliphatic rings. The smallest absolute Gasteiger partial charge is 0.0773 e. The molecule has 0 aromatic carbocycles. The molecule has 0 aliphatic carbocycles. The molecule has 16 heavy (non-hydrogen) atoms. The summed E-state index contributed by atoms with van der Waals surface area (Å²) in [4.78, 5) is 0. The van der Waals surface area contributed by atoms with Gasteiger partial charge in [0.05, 0.1) is 19.3 Å². The summed E-state index contributed by atoms with van der Waals surface area (Å²) in [5.74, 6) is 10.5. The Hall–Kier alpha value is -1.52. The van der Waals surface area contributed by atoms with Gasteiger partial charge in [-0.15, -0.1) is 0 Å². The van der Waals surface area contributed by atoms with Crippen molar-refractivity contribution in [3.8, 4) is 23.7 Å². The molecule has 3 heteroatoms. The summed E-state index contributed by atoms with van der Waals surface area (Å²) < 4.78 is 0. The minimum Gasteiger partial charge on any atom is -0.394 e. The van der Waals surface area contributed by atoms with Crippen LogP contribution in [-0.2, 0) is 0 Å². The van der Waals surface area contributed by atoms with Gasteiger partial charge in [0.15, 0.2) is 0 Å². The Morgan fingerprint density at radius 3 is 2.19 bits per heavy atom. The van der Waals surface area contributed by atoms with Crippen LogP contribution >= 0.6 is 0 Å². The summed E-state index contributed by atoms with van der Waals surface area (Å²) in [6, 6.07) is 0. The van der Waals surface area contributed by atoms with Gasteiger partial charge in [0.2, 0.25) is 0 Å². The highest BCUT2D eigenvalue weighted by Crippen LogP contribution is 1.96. The minimum absolute atomic E-state index is 0.0187. The Morgan fingerprint density at radius 1 is 1.00 bits per heavy atom. The molecule has 3 N–H and O–H groups in total. The molecule has 0 spiro atoms. The Balaban J connectivity index is 3.69. The van der Waals surface area contributed by atoms with Crippen LogP contribution in [0.1, 0.15) is 12.8 Å². The quantitative estimate of drug-likeness (QED) is 0.581. The molecule has 0 aromatic heterocycles. The second-order valence-corrected chi connectivity index (χ2v) is 2.94. The van der Waals surface area contributed by atoms with E-state index in [9.17, 15) is 0 Å². The summed E-state index contributed by atoms with van der Waals surface area (Å²) >= 11 is 0. The van der Waals surface area contributed by atoms with E-state index in [2.05, 4.69) is 23.7 Å². The van der Waals surface area contributed by atoms with Crippen molar-refractivity contribution in [3.05, 3.63) is 24.3 Å². The number of hydrogen-bond acceptors (Lipinski definition) is 3. The summed E-state index contributed by atoms with van der Waals surface area (Å²) in [6.07, 6.45) is 7.09. The van der Waals surface area contributed by atoms with Gasteiger partial charge in [-0.1, -0.05) is 24.0 Å². The van der Waals surface area contributed by atoms with Gasteiger partial charge in [0.25, 0.3) is 0 Å². The van der Waals surface area contributed by atoms with Crippen LogP contribution in [0.15, 0.2) is 24.3 Å². The van der Waals surface area contributed by atoms with Crippen LogP contribution in [0.25, 0.3) is 0 Å². The Kier molecular flexibility index (Phi) is 10.5. The Morgan fingerprint density at radius 2 is 1.62 bits per heavy atom. The van der Waals surface area contributed by atoms with E-state index in [4.69, 9.17) is 15.3 Å². The fourth-order valence-corrected chi connectivity index (χ4v) is 0.789. The van der Waals surface area contributed by atoms with Crippen molar-refractivity contribution < 1.29 is 15.3 Å². The van der Waals surface area contributed by atoms with Crippen LogP contribution in [0, 0.1) is 23.7 Å². The molecule has 0 amide bonds. The Labute approximate surface area is 96.1 Å². The molecular weight excluding hydrogens is 204 g/mol. The van der Waals surface area contributed by atoms with Gasteiger partial charge >= 0.3 is 0 Å². The zero-order chi connectivity index (χ0) is 12.1. The largest absolute Gasteiger partial charge is 0.394 e. The van der Waals surface area contributed by atoms with Crippen molar-refractivity contribution in [2.75, 3.05) is 13.2 Å². The third-order valence-corrected chi connectivity index (χ3v) is 1.59. The van der Waals surface area contributed by atoms with Gasteiger partial charge in [-0.05, 0) is 36.8 Å². The van der Waals surface area contributed by atoms with E-state index in [1.165, 1.54) is 12.2 Å². The van der Waals surface area contributed by atoms with E-state index in [0.29, 0.717) is 12.8 Å². The standard InChI is InChI=1S/C13H16O3/c14-11-9-7-5-3-1-2-4-6-8-10-13(16)12-15/h4,6-7,9,13-16H,8,10-12H2/b6-4+,9-7+/t13-/m0/s1. The minimum atomic E-state index is -0.652. The molecule has 0 aliphatic heterocycles. The molecule has 0 bridgehead atoms. The van der Waals surface area contributed by atoms with Crippen molar-refractivity contribution in [2.24, 2.45) is 0 Å². The van der Waals surface area contributed by atoms with Gasteiger partial charge in [0, 0.05) is 0 Å². The number of aliphatic hydroxyl groups is 3. The highest BCUT2D eigenvalue weighted by atomic mass is 16.3. The van der Waals surface area contributed by atoms with Crippen LogP contribution in [0.2, 0.25) is 0 Å². The predicted molar refractivity (Wildman–Crippen MR) is 63.2 cm³/mol. The lowest BCUT2D eigenvalue weighted by Gasteiger charge is -2.01. The van der Waals surface area contributed by atoms with Crippen LogP contribution in [-0.4, -0.2) is 34.6 Å². The first-order valence-corrected chi connectivity index (χ1v) is 5.02. The van der Waals surface area contributed by atoms with Crippen LogP contribution in [0.5, 0.6) is 0 Å². The zero-order valence-corrected chi connectivity index (χ0v) is 9.06. The third-order valence-electron chi connectivity index (χ3n) is 1.59. The summed E-state index contributed by atoms with van der Waals surface area (Å²) in [5.41, 5.74) is 0. The predicted octanol–water partition coefficient (Wildman–Crippen LogP) is 0.231. The Bertz CT molecular complexity index is 334. The average Bonchev–Trinajstić information content (AvgIpc) is 2.31. The van der Waals surface area contributed by atoms with Crippen molar-refractivity contribution in [2.45, 2.75) is 18.9 Å². The van der Waals surface area contributed by atoms with E-state index >= 15 is 0 Å². The molecule has 0 heterocycles. The number of rotatable bonds is 5. The number of aliphatic hydroxyl groups excluding tert-OH is 3. The van der Waals surface area contributed by atoms with Gasteiger partial charge in [-0.3, -0.25) is 0 Å². The molecule has 0 fully saturated rings. The molecule has 0 saturated carbocycles. The van der Waals surface area contributed by atoms with Gasteiger partial charge in [0.1, 0.15) is 0 Å². The third kappa shape index (κ3) is 10.6. The number of hydrogen-bond donors (Lipinski definition) is 3. The van der Waals surface area contributed by atoms with Crippen molar-refractivity contribution in [1.82, 2.24) is 0 Å². The first-order chi connectivity index (χ1) is 7.81. The molecular formula is C13H16O3. The molecule has 0 unspecified atom stereocenters. The fraction of sp³-hybridized carbons (Fsp3) is 0.385. The second kappa shape index (κ2) is 11.6. The summed E-state index contributed by atoms with van der Waals surface area (Å²) in [5, 5.41) is 25.9. The molecule has 3 nitrogen and oxygen atoms in total. The van der Waals surface area contributed by atoms with Gasteiger partial charge in [-0.25, -0.2) is 0 Å². The second-order valence-electron chi connectivity index (χ2n) is 2.94. The van der Waals surface area contributed by atoms with Crippen molar-refractivity contribution >= 4 is 0 Å². The van der Waals surface area contributed by atoms with E-state index in [0.717, 1.165) is 0 Å². The maximum atomic E-state index is 9.01. The van der Waals surface area contributed by atoms with E-state index < -0.39 is 6.10 Å². The van der Waals surface area contributed by atoms with Crippen molar-refractivity contribution in [1.29, 1.82) is 0 Å². The normalized spacial score (nSPS) is 11.9. The lowest BCUT2D eigenvalue weighted by Crippen LogP contribution is -2.10. The highest BCUT2D eigenvalue weighted by Gasteiger charge is 1.97. The monoisotopic (exact) mass is 220 g/mol. The highest BCUT2D eigenvalue weighted by molar-refractivity contribution is 5.33. The zero-order valence-electron chi connectivity index (χ0n) is 9.06. The van der Waals surface area contributed by atoms with E-state index in [1.807, 2.05) is 6.08 Å². The SMILES string of the molecule is OC/C=C/C#CC#C/C=C/CC[C@H](O)CO. The average molecular weight is 220 g/mol. The number of allylic oxidation sites excluding steroid dienone is 3. The molecule has 1 atom stereocenters. The summed E-state index contributed by atoms with van der Waals surface area (Å²) in [6.45, 7) is -0.225. The summed E-state index contributed by atoms with van der Waals surface area (Å²) in [7, 11) is 0. The van der Waals surface area contributed by atoms with Crippen molar-refractivity contribution in [3.63, 3.8) is 0 Å². The fourth-order valence-electron chi connectivity index (χ4n) is 0.789. The van der Waals surface area contributed by atoms with E-state index in [1.54, 1.807) is 6.08 Å². The van der Waals surface area contributed by atoms with Crippen LogP contribution < -0.4 is 0 Å². The molecule has 0 radical (unpaired) electrons. The first-order valence-electron chi connectivity index (χ1n) is 5.02. The molecule has 0 saturated heterocycles. The van der Waals surface area contributed by atoms with Gasteiger partial charge in [-0.2, -0.15) is 0 Å². The maximum absolute atomic E-state index is 9.01. The van der Waals surface area contributed by atoms with Crippen LogP contribution in [0.3, 0.4) is 0 Å². The topological polar surface area (TPSA) is 60.7 Å². The van der Waals surface area contributed by atoms with Crippen LogP contribution in [0.4, 0.5) is 0 Å². The maximum Gasteiger partial charge on any atom is 0.0773 e. The van der Waals surface area contributed by atoms with E-state index in [-0.39, 0.29) is 13.2 Å². The molecule has 86 valence electrons. The molecule has 0 rings (SSSR count). The molecule has 0 aromatic rings. The van der Waals surface area contributed by atoms with Gasteiger partial charge < -0.3 is 15.3 Å². The lowest BCUT2D eigenvalue weighted by atomic mass is 10.2. The lowest BCUT2D eigenvalue weighted by molar-refractivity contribution is 0.0891.